The summed E-state index contributed by atoms with van der Waals surface area (Å²) < 4.78 is 10.9. The number of fused-ring (bicyclic) bond motifs is 1. The van der Waals surface area contributed by atoms with Crippen LogP contribution in [0, 0.1) is 13.8 Å². The van der Waals surface area contributed by atoms with Gasteiger partial charge < -0.3 is 24.5 Å². The molecule has 0 saturated carbocycles. The lowest BCUT2D eigenvalue weighted by Gasteiger charge is -2.08. The molecule has 0 saturated heterocycles. The van der Waals surface area contributed by atoms with Crippen LogP contribution in [0.25, 0.3) is 11.0 Å². The quantitative estimate of drug-likeness (QED) is 0.493. The highest BCUT2D eigenvalue weighted by atomic mass is 16.5. The largest absolute Gasteiger partial charge is 0.489 e. The number of hydrogen-bond donors (Lipinski definition) is 3. The van der Waals surface area contributed by atoms with Crippen LogP contribution in [0.4, 0.5) is 5.69 Å². The zero-order valence-electron chi connectivity index (χ0n) is 15.3. The van der Waals surface area contributed by atoms with Gasteiger partial charge in [0, 0.05) is 11.3 Å². The first-order valence-electron chi connectivity index (χ1n) is 8.67. The van der Waals surface area contributed by atoms with Crippen LogP contribution in [0.2, 0.25) is 0 Å². The Balaban J connectivity index is 1.42. The molecule has 142 valence electrons. The maximum absolute atomic E-state index is 12.4. The van der Waals surface area contributed by atoms with Crippen molar-refractivity contribution in [2.45, 2.75) is 20.5 Å². The maximum Gasteiger partial charge on any atom is 0.323 e. The molecular formula is C20H18N4O4. The molecule has 0 bridgehead atoms. The number of benzene rings is 2. The van der Waals surface area contributed by atoms with Crippen molar-refractivity contribution in [1.29, 1.82) is 0 Å². The third kappa shape index (κ3) is 3.52. The molecule has 0 radical (unpaired) electrons. The van der Waals surface area contributed by atoms with E-state index in [-0.39, 0.29) is 11.6 Å². The van der Waals surface area contributed by atoms with Crippen molar-refractivity contribution in [1.82, 2.24) is 15.1 Å². The van der Waals surface area contributed by atoms with Gasteiger partial charge in [-0.1, -0.05) is 5.16 Å². The third-order valence-electron chi connectivity index (χ3n) is 4.45. The summed E-state index contributed by atoms with van der Waals surface area (Å²) in [6.45, 7) is 4.05. The zero-order valence-corrected chi connectivity index (χ0v) is 15.3. The van der Waals surface area contributed by atoms with Crippen molar-refractivity contribution in [2.75, 3.05) is 5.32 Å². The predicted octanol–water partition coefficient (Wildman–Crippen LogP) is 3.29. The van der Waals surface area contributed by atoms with E-state index in [0.29, 0.717) is 34.6 Å². The highest BCUT2D eigenvalue weighted by Gasteiger charge is 2.11. The second-order valence-corrected chi connectivity index (χ2v) is 6.41. The minimum absolute atomic E-state index is 0.255. The van der Waals surface area contributed by atoms with Gasteiger partial charge in [-0.25, -0.2) is 4.79 Å². The molecule has 28 heavy (non-hydrogen) atoms. The van der Waals surface area contributed by atoms with Gasteiger partial charge in [-0.15, -0.1) is 0 Å². The number of H-pyrrole nitrogens is 2. The third-order valence-corrected chi connectivity index (χ3v) is 4.45. The molecule has 8 nitrogen and oxygen atoms in total. The molecule has 3 N–H and O–H groups in total. The molecule has 8 heteroatoms. The lowest BCUT2D eigenvalue weighted by molar-refractivity contribution is 0.102. The number of rotatable bonds is 5. The van der Waals surface area contributed by atoms with Gasteiger partial charge in [-0.3, -0.25) is 4.79 Å². The van der Waals surface area contributed by atoms with Gasteiger partial charge in [0.2, 0.25) is 0 Å². The van der Waals surface area contributed by atoms with Crippen molar-refractivity contribution in [3.8, 4) is 5.75 Å². The van der Waals surface area contributed by atoms with Crippen molar-refractivity contribution >= 4 is 22.6 Å². The lowest BCUT2D eigenvalue weighted by Crippen LogP contribution is -2.11. The Morgan fingerprint density at radius 2 is 1.86 bits per heavy atom. The molecule has 0 aliphatic carbocycles. The Morgan fingerprint density at radius 3 is 2.57 bits per heavy atom. The van der Waals surface area contributed by atoms with Gasteiger partial charge in [0.1, 0.15) is 18.1 Å². The monoisotopic (exact) mass is 378 g/mol. The van der Waals surface area contributed by atoms with Crippen LogP contribution in [0.5, 0.6) is 5.75 Å². The number of carbonyl (C=O) groups excluding carboxylic acids is 1. The molecule has 0 aliphatic rings. The van der Waals surface area contributed by atoms with Crippen LogP contribution in [0.15, 0.2) is 51.8 Å². The summed E-state index contributed by atoms with van der Waals surface area (Å²) >= 11 is 0. The molecule has 2 aromatic heterocycles. The molecule has 0 fully saturated rings. The van der Waals surface area contributed by atoms with Crippen LogP contribution < -0.4 is 15.7 Å². The minimum Gasteiger partial charge on any atom is -0.489 e. The molecule has 2 aromatic carbocycles. The molecule has 4 rings (SSSR count). The van der Waals surface area contributed by atoms with Gasteiger partial charge >= 0.3 is 5.69 Å². The minimum atomic E-state index is -0.286. The maximum atomic E-state index is 12.4. The first-order chi connectivity index (χ1) is 13.5. The Hall–Kier alpha value is -3.81. The molecular weight excluding hydrogens is 360 g/mol. The number of imidazole rings is 1. The summed E-state index contributed by atoms with van der Waals surface area (Å²) in [5, 5.41) is 6.71. The second-order valence-electron chi connectivity index (χ2n) is 6.41. The number of hydrogen-bond acceptors (Lipinski definition) is 5. The summed E-state index contributed by atoms with van der Waals surface area (Å²) in [4.78, 5) is 29.1. The standard InChI is InChI=1S/C20H18N4O4/c1-11-16(12(2)28-24-11)10-27-15-6-3-13(4-7-15)19(25)21-14-5-8-17-18(9-14)23-20(26)22-17/h3-9H,10H2,1-2H3,(H,21,25)(H2,22,23,26). The smallest absolute Gasteiger partial charge is 0.323 e. The number of anilines is 1. The summed E-state index contributed by atoms with van der Waals surface area (Å²) in [7, 11) is 0. The topological polar surface area (TPSA) is 113 Å². The molecule has 0 aliphatic heterocycles. The molecule has 1 amide bonds. The number of aromatic nitrogens is 3. The summed E-state index contributed by atoms with van der Waals surface area (Å²) in [6, 6.07) is 12.0. The Morgan fingerprint density at radius 1 is 1.11 bits per heavy atom. The average Bonchev–Trinajstić information content (AvgIpc) is 3.21. The normalized spacial score (nSPS) is 10.9. The summed E-state index contributed by atoms with van der Waals surface area (Å²) in [5.74, 6) is 1.12. The number of nitrogens with zero attached hydrogens (tertiary/aromatic N) is 1. The average molecular weight is 378 g/mol. The first-order valence-corrected chi connectivity index (χ1v) is 8.67. The van der Waals surface area contributed by atoms with Crippen LogP contribution >= 0.6 is 0 Å². The Bertz CT molecular complexity index is 1180. The van der Waals surface area contributed by atoms with E-state index in [1.165, 1.54) is 0 Å². The first kappa shape index (κ1) is 17.6. The van der Waals surface area contributed by atoms with E-state index in [2.05, 4.69) is 20.4 Å². The van der Waals surface area contributed by atoms with Crippen molar-refractivity contribution in [3.63, 3.8) is 0 Å². The predicted molar refractivity (Wildman–Crippen MR) is 104 cm³/mol. The van der Waals surface area contributed by atoms with E-state index in [4.69, 9.17) is 9.26 Å². The lowest BCUT2D eigenvalue weighted by atomic mass is 10.2. The number of aryl methyl sites for hydroxylation is 2. The fourth-order valence-electron chi connectivity index (χ4n) is 2.88. The molecule has 4 aromatic rings. The van der Waals surface area contributed by atoms with Crippen LogP contribution in [-0.4, -0.2) is 21.0 Å². The van der Waals surface area contributed by atoms with Gasteiger partial charge in [-0.2, -0.15) is 0 Å². The van der Waals surface area contributed by atoms with Crippen LogP contribution in [0.3, 0.4) is 0 Å². The Kier molecular flexibility index (Phi) is 4.44. The fraction of sp³-hybridized carbons (Fsp3) is 0.150. The second kappa shape index (κ2) is 7.07. The Labute approximate surface area is 159 Å². The highest BCUT2D eigenvalue weighted by Crippen LogP contribution is 2.19. The summed E-state index contributed by atoms with van der Waals surface area (Å²) in [5.41, 5.74) is 3.83. The van der Waals surface area contributed by atoms with Crippen molar-refractivity contribution < 1.29 is 14.1 Å². The van der Waals surface area contributed by atoms with Gasteiger partial charge in [0.15, 0.2) is 0 Å². The van der Waals surface area contributed by atoms with Crippen molar-refractivity contribution in [3.05, 3.63) is 75.5 Å². The number of nitrogens with one attached hydrogen (secondary N) is 3. The zero-order chi connectivity index (χ0) is 19.7. The van der Waals surface area contributed by atoms with Gasteiger partial charge in [0.25, 0.3) is 5.91 Å². The van der Waals surface area contributed by atoms with E-state index >= 15 is 0 Å². The van der Waals surface area contributed by atoms with E-state index < -0.39 is 0 Å². The fourth-order valence-corrected chi connectivity index (χ4v) is 2.88. The van der Waals surface area contributed by atoms with E-state index in [9.17, 15) is 9.59 Å². The number of carbonyl (C=O) groups is 1. The van der Waals surface area contributed by atoms with Crippen LogP contribution in [-0.2, 0) is 6.61 Å². The number of amides is 1. The number of aromatic amines is 2. The molecule has 0 atom stereocenters. The molecule has 2 heterocycles. The number of ether oxygens (including phenoxy) is 1. The van der Waals surface area contributed by atoms with E-state index in [1.807, 2.05) is 13.8 Å². The SMILES string of the molecule is Cc1noc(C)c1COc1ccc(C(=O)Nc2ccc3[nH]c(=O)[nH]c3c2)cc1. The van der Waals surface area contributed by atoms with Gasteiger partial charge in [-0.05, 0) is 56.3 Å². The van der Waals surface area contributed by atoms with Gasteiger partial charge in [0.05, 0.1) is 22.3 Å². The van der Waals surface area contributed by atoms with Crippen molar-refractivity contribution in [2.24, 2.45) is 0 Å². The molecule has 0 unspecified atom stereocenters. The van der Waals surface area contributed by atoms with E-state index in [0.717, 1.165) is 17.0 Å². The summed E-state index contributed by atoms with van der Waals surface area (Å²) in [6.07, 6.45) is 0. The highest BCUT2D eigenvalue weighted by molar-refractivity contribution is 6.05. The van der Waals surface area contributed by atoms with E-state index in [1.54, 1.807) is 42.5 Å². The van der Waals surface area contributed by atoms with Crippen LogP contribution in [0.1, 0.15) is 27.4 Å². The molecule has 0 spiro atoms.